The van der Waals surface area contributed by atoms with Crippen molar-refractivity contribution in [3.63, 3.8) is 0 Å². The van der Waals surface area contributed by atoms with Crippen molar-refractivity contribution in [1.29, 1.82) is 0 Å². The van der Waals surface area contributed by atoms with Gasteiger partial charge < -0.3 is 15.3 Å². The van der Waals surface area contributed by atoms with Gasteiger partial charge in [-0.3, -0.25) is 39.3 Å². The third-order valence-corrected chi connectivity index (χ3v) is 15.6. The second kappa shape index (κ2) is 45.2. The quantitative estimate of drug-likeness (QED) is 0.0475. The molecule has 0 spiro atoms. The number of allylic oxidation sites excluding steroid dienone is 6. The molecular weight excluding hydrogens is 1880 g/mol. The molecule has 551 valence electrons. The van der Waals surface area contributed by atoms with Crippen LogP contribution in [0.1, 0.15) is 63.8 Å². The summed E-state index contributed by atoms with van der Waals surface area (Å²) in [4.78, 5) is 65.7. The number of aromatic nitrogens is 8. The zero-order valence-electron chi connectivity index (χ0n) is 61.4. The van der Waals surface area contributed by atoms with Gasteiger partial charge in [-0.15, -0.1) is 108 Å². The minimum absolute atomic E-state index is 0. The molecule has 0 aliphatic rings. The molecule has 0 aliphatic carbocycles. The normalized spacial score (nSPS) is 10.5. The van der Waals surface area contributed by atoms with E-state index in [-0.39, 0.29) is 94.9 Å². The number of benzene rings is 9. The van der Waals surface area contributed by atoms with Crippen LogP contribution in [0.15, 0.2) is 310 Å². The SMILES string of the molecule is CC(=O)C=C(C)O.CC(=O)C=C(C)O.CC(=O)C=C(C)O.Cc1cccc(C)c1-c1cc(-c2[c-]cccc2)ncn1.Cc1ccccc1-c1ncnc(-c2[c-]cccc2)c1C.[Ir].[Ir].[Ir].[c-]1ccccc1-c1cc(-c2ccccc2)ncn1.c1ccc(-c2ccnc3c2ccc2c(-c4ccccc4)ccnc23)cc1. The predicted octanol–water partition coefficient (Wildman–Crippen LogP) is 21.3. The monoisotopic (exact) mass is 1960 g/mol. The first-order chi connectivity index (χ1) is 50.8. The smallest absolute Gasteiger partial charge is 0.155 e. The van der Waals surface area contributed by atoms with Crippen molar-refractivity contribution in [2.75, 3.05) is 0 Å². The van der Waals surface area contributed by atoms with Crippen LogP contribution < -0.4 is 0 Å². The Morgan fingerprint density at radius 3 is 1.07 bits per heavy atom. The van der Waals surface area contributed by atoms with E-state index in [4.69, 9.17) is 15.3 Å². The topological polar surface area (TPSA) is 215 Å². The van der Waals surface area contributed by atoms with Crippen molar-refractivity contribution in [2.24, 2.45) is 0 Å². The zero-order valence-corrected chi connectivity index (χ0v) is 68.5. The van der Waals surface area contributed by atoms with Crippen molar-refractivity contribution >= 4 is 39.2 Å². The van der Waals surface area contributed by atoms with E-state index in [9.17, 15) is 14.4 Å². The minimum atomic E-state index is -0.125. The molecular formula is C91H81Ir3N8O6-3. The van der Waals surface area contributed by atoms with E-state index in [1.54, 1.807) is 19.0 Å². The molecule has 0 saturated heterocycles. The molecule has 0 unspecified atom stereocenters. The number of ketones is 3. The van der Waals surface area contributed by atoms with Gasteiger partial charge in [-0.1, -0.05) is 158 Å². The Bertz CT molecular complexity index is 5040. The molecule has 14 rings (SSSR count). The van der Waals surface area contributed by atoms with Crippen LogP contribution in [0.25, 0.3) is 112 Å². The van der Waals surface area contributed by atoms with Crippen molar-refractivity contribution < 1.29 is 90.0 Å². The van der Waals surface area contributed by atoms with Gasteiger partial charge in [-0.25, -0.2) is 15.0 Å². The molecule has 0 saturated carbocycles. The van der Waals surface area contributed by atoms with Crippen molar-refractivity contribution in [3.8, 4) is 89.8 Å². The Hall–Kier alpha value is -11.4. The summed E-state index contributed by atoms with van der Waals surface area (Å²) in [5.41, 5.74) is 23.4. The molecule has 3 N–H and O–H groups in total. The van der Waals surface area contributed by atoms with Gasteiger partial charge in [0, 0.05) is 113 Å². The van der Waals surface area contributed by atoms with E-state index in [0.29, 0.717) is 0 Å². The number of rotatable bonds is 11. The maximum atomic E-state index is 10.0. The number of hydrogen-bond donors (Lipinski definition) is 3. The number of carbonyl (C=O) groups is 3. The van der Waals surface area contributed by atoms with Gasteiger partial charge in [0.2, 0.25) is 0 Å². The molecule has 0 fully saturated rings. The first kappa shape index (κ1) is 87.3. The molecule has 0 atom stereocenters. The summed E-state index contributed by atoms with van der Waals surface area (Å²) in [7, 11) is 0. The van der Waals surface area contributed by atoms with Crippen LogP contribution in [0.4, 0.5) is 0 Å². The molecule has 5 aromatic heterocycles. The van der Waals surface area contributed by atoms with Gasteiger partial charge >= 0.3 is 0 Å². The molecule has 3 radical (unpaired) electrons. The summed E-state index contributed by atoms with van der Waals surface area (Å²) in [6.45, 7) is 16.9. The first-order valence-electron chi connectivity index (χ1n) is 33.7. The second-order valence-corrected chi connectivity index (χ2v) is 24.0. The van der Waals surface area contributed by atoms with Gasteiger partial charge in [-0.05, 0) is 149 Å². The summed E-state index contributed by atoms with van der Waals surface area (Å²) in [5.74, 6) is -0.187. The number of carbonyl (C=O) groups excluding carboxylic acids is 3. The van der Waals surface area contributed by atoms with Crippen LogP contribution in [-0.2, 0) is 74.7 Å². The summed E-state index contributed by atoms with van der Waals surface area (Å²) in [6, 6.07) is 91.2. The standard InChI is InChI=1S/C24H16N2.2C18H15N2.C16H11N2.3C5H8O2.3Ir/c1-3-7-17(8-4-1)19-13-15-25-23-21(19)11-12-22-20(14-16-26-24(22)23)18-9-5-2-6-10-18;1-13-7-6-8-14(2)18(13)17-11-16(19-12-20-17)15-9-4-3-5-10-15;1-13-8-6-7-11-16(13)18-14(2)17(19-12-20-18)15-9-4-3-5-10-15;1-3-7-13(8-4-1)15-11-16(18-12-17-15)14-9-5-2-6-10-14;3*1-4(6)3-5(2)7;;;/h1-16H;2*3-9,11-12H,1-2H3;1-9,11-12H;3*3,6H,1-2H3;;;/q;3*-1;;;;;;. The maximum Gasteiger partial charge on any atom is 0.155 e. The number of fused-ring (bicyclic) bond motifs is 3. The largest absolute Gasteiger partial charge is 0.512 e. The fourth-order valence-electron chi connectivity index (χ4n) is 11.1. The Balaban J connectivity index is 0.000000236. The third-order valence-electron chi connectivity index (χ3n) is 15.6. The van der Waals surface area contributed by atoms with E-state index >= 15 is 0 Å². The fourth-order valence-corrected chi connectivity index (χ4v) is 11.1. The molecule has 9 aromatic carbocycles. The van der Waals surface area contributed by atoms with Crippen LogP contribution in [0.3, 0.4) is 0 Å². The summed E-state index contributed by atoms with van der Waals surface area (Å²) in [5, 5.41) is 27.3. The number of aryl methyl sites for hydroxylation is 3. The molecule has 14 nitrogen and oxygen atoms in total. The van der Waals surface area contributed by atoms with Gasteiger partial charge in [0.05, 0.1) is 45.4 Å². The fraction of sp³-hybridized carbons (Fsp3) is 0.110. The average molecular weight is 1960 g/mol. The predicted molar refractivity (Wildman–Crippen MR) is 423 cm³/mol. The summed E-state index contributed by atoms with van der Waals surface area (Å²) >= 11 is 0. The van der Waals surface area contributed by atoms with Crippen LogP contribution in [0.2, 0.25) is 0 Å². The van der Waals surface area contributed by atoms with E-state index < -0.39 is 0 Å². The van der Waals surface area contributed by atoms with E-state index in [2.05, 4.69) is 189 Å². The Morgan fingerprint density at radius 2 is 0.676 bits per heavy atom. The molecule has 0 amide bonds. The number of pyridine rings is 2. The Labute approximate surface area is 672 Å². The maximum absolute atomic E-state index is 10.0. The van der Waals surface area contributed by atoms with Crippen LogP contribution in [0, 0.1) is 45.9 Å². The van der Waals surface area contributed by atoms with Gasteiger partial charge in [0.15, 0.2) is 17.3 Å². The van der Waals surface area contributed by atoms with Crippen LogP contribution >= 0.6 is 0 Å². The van der Waals surface area contributed by atoms with E-state index in [1.807, 2.05) is 152 Å². The van der Waals surface area contributed by atoms with Crippen LogP contribution in [0.5, 0.6) is 0 Å². The van der Waals surface area contributed by atoms with E-state index in [0.717, 1.165) is 89.4 Å². The number of nitrogens with zero attached hydrogens (tertiary/aromatic N) is 8. The summed E-state index contributed by atoms with van der Waals surface area (Å²) < 4.78 is 0. The summed E-state index contributed by atoms with van der Waals surface area (Å²) in [6.07, 6.45) is 12.1. The molecule has 5 heterocycles. The molecule has 0 bridgehead atoms. The zero-order chi connectivity index (χ0) is 75.0. The average Bonchev–Trinajstić information content (AvgIpc) is 0.759. The minimum Gasteiger partial charge on any atom is -0.512 e. The molecule has 108 heavy (non-hydrogen) atoms. The van der Waals surface area contributed by atoms with Gasteiger partial charge in [0.25, 0.3) is 0 Å². The third kappa shape index (κ3) is 26.6. The van der Waals surface area contributed by atoms with Crippen molar-refractivity contribution in [2.45, 2.75) is 69.2 Å². The second-order valence-electron chi connectivity index (χ2n) is 24.0. The van der Waals surface area contributed by atoms with Crippen LogP contribution in [-0.4, -0.2) is 72.5 Å². The van der Waals surface area contributed by atoms with Gasteiger partial charge in [-0.2, -0.15) is 0 Å². The Kier molecular flexibility index (Phi) is 36.5. The molecule has 14 aromatic rings. The van der Waals surface area contributed by atoms with Gasteiger partial charge in [0.1, 0.15) is 19.0 Å². The first-order valence-corrected chi connectivity index (χ1v) is 33.7. The van der Waals surface area contributed by atoms with E-state index in [1.165, 1.54) is 104 Å². The Morgan fingerprint density at radius 1 is 0.324 bits per heavy atom. The number of aliphatic hydroxyl groups excluding tert-OH is 3. The molecule has 0 aliphatic heterocycles. The van der Waals surface area contributed by atoms with Crippen molar-refractivity contribution in [3.05, 3.63) is 350 Å². The van der Waals surface area contributed by atoms with Crippen molar-refractivity contribution in [1.82, 2.24) is 39.9 Å². The number of aliphatic hydroxyl groups is 3. The molecule has 17 heteroatoms. The number of hydrogen-bond acceptors (Lipinski definition) is 14.